The van der Waals surface area contributed by atoms with Crippen LogP contribution in [-0.2, 0) is 12.8 Å². The quantitative estimate of drug-likeness (QED) is 0.0654. The van der Waals surface area contributed by atoms with Crippen LogP contribution in [0, 0.1) is 0 Å². The summed E-state index contributed by atoms with van der Waals surface area (Å²) in [6.45, 7) is 6.16. The molecule has 0 fully saturated rings. The lowest BCUT2D eigenvalue weighted by Gasteiger charge is -2.07. The van der Waals surface area contributed by atoms with Gasteiger partial charge in [-0.3, -0.25) is 0 Å². The number of hydrogen-bond acceptors (Lipinski definition) is 6. The number of unbranched alkanes of at least 4 members (excludes halogenated alkanes) is 12. The first-order chi connectivity index (χ1) is 19.0. The summed E-state index contributed by atoms with van der Waals surface area (Å²) in [7, 11) is 0. The minimum Gasteiger partial charge on any atom is -0.507 e. The first kappa shape index (κ1) is 34.0. The maximum Gasteiger partial charge on any atom is 0.124 e. The molecule has 218 valence electrons. The molecule has 2 aromatic carbocycles. The molecule has 2 aromatic rings. The minimum absolute atomic E-state index is 0.154. The Hall–Kier alpha value is -3.02. The zero-order valence-corrected chi connectivity index (χ0v) is 24.5. The summed E-state index contributed by atoms with van der Waals surface area (Å²) in [5.74, 6) is 0.324. The lowest BCUT2D eigenvalue weighted by molar-refractivity contribution is 0.318. The molecule has 0 saturated carbocycles. The highest BCUT2D eigenvalue weighted by molar-refractivity contribution is 6.00. The van der Waals surface area contributed by atoms with Crippen molar-refractivity contribution in [2.24, 2.45) is 10.3 Å². The van der Waals surface area contributed by atoms with Gasteiger partial charge in [0.1, 0.15) is 11.5 Å². The van der Waals surface area contributed by atoms with Gasteiger partial charge in [-0.2, -0.15) is 0 Å². The number of benzene rings is 2. The minimum atomic E-state index is 0.154. The summed E-state index contributed by atoms with van der Waals surface area (Å²) in [5, 5.41) is 42.7. The van der Waals surface area contributed by atoms with E-state index in [-0.39, 0.29) is 11.5 Å². The number of oxime groups is 2. The molecule has 6 nitrogen and oxygen atoms in total. The average molecular weight is 541 g/mol. The molecular weight excluding hydrogens is 488 g/mol. The van der Waals surface area contributed by atoms with Crippen LogP contribution in [0.3, 0.4) is 0 Å². The lowest BCUT2D eigenvalue weighted by Crippen LogP contribution is -1.97. The number of hydrogen-bond donors (Lipinski definition) is 4. The van der Waals surface area contributed by atoms with E-state index < -0.39 is 0 Å². The number of aromatic hydroxyl groups is 2. The van der Waals surface area contributed by atoms with Crippen LogP contribution in [-0.4, -0.2) is 32.6 Å². The fraction of sp³-hybridized carbons (Fsp3) is 0.576. The van der Waals surface area contributed by atoms with E-state index >= 15 is 0 Å². The second-order valence-corrected chi connectivity index (χ2v) is 10.4. The predicted octanol–water partition coefficient (Wildman–Crippen LogP) is 9.38. The monoisotopic (exact) mass is 540 g/mol. The van der Waals surface area contributed by atoms with Gasteiger partial charge in [-0.05, 0) is 68.0 Å². The van der Waals surface area contributed by atoms with Crippen LogP contribution in [0.25, 0.3) is 0 Å². The SMILES string of the molecule is CCCCCCCCCc1ccc(O)c(/C(C)=N\O)c1.CCCCCCCCCc1ccc(O)c(/C=N\O)c1. The van der Waals surface area contributed by atoms with Gasteiger partial charge in [0.05, 0.1) is 11.9 Å². The van der Waals surface area contributed by atoms with Crippen molar-refractivity contribution in [1.29, 1.82) is 0 Å². The molecule has 6 heteroatoms. The standard InChI is InChI=1S/C17H27NO2.C16H25NO2/c1-3-4-5-6-7-8-9-10-15-11-12-17(19)16(13-15)14(2)18-20;1-2-3-4-5-6-7-8-9-14-10-11-16(18)15(12-14)13-17-19/h11-13,19-20H,3-10H2,1-2H3;10-13,18-19H,2-9H2,1H3/b18-14-;17-13-. The fourth-order valence-corrected chi connectivity index (χ4v) is 4.58. The number of rotatable bonds is 18. The molecule has 39 heavy (non-hydrogen) atoms. The molecule has 0 aliphatic carbocycles. The third kappa shape index (κ3) is 15.2. The van der Waals surface area contributed by atoms with E-state index in [1.165, 1.54) is 107 Å². The van der Waals surface area contributed by atoms with Crippen molar-refractivity contribution in [3.8, 4) is 11.5 Å². The zero-order valence-electron chi connectivity index (χ0n) is 24.5. The Labute approximate surface area is 236 Å². The van der Waals surface area contributed by atoms with Crippen LogP contribution in [0.1, 0.15) is 133 Å². The topological polar surface area (TPSA) is 106 Å². The van der Waals surface area contributed by atoms with Crippen molar-refractivity contribution in [2.75, 3.05) is 0 Å². The van der Waals surface area contributed by atoms with E-state index in [4.69, 9.17) is 10.4 Å². The van der Waals surface area contributed by atoms with Crippen LogP contribution >= 0.6 is 0 Å². The Morgan fingerprint density at radius 2 is 1.10 bits per heavy atom. The summed E-state index contributed by atoms with van der Waals surface area (Å²) >= 11 is 0. The summed E-state index contributed by atoms with van der Waals surface area (Å²) in [5.41, 5.74) is 4.01. The van der Waals surface area contributed by atoms with E-state index in [2.05, 4.69) is 24.2 Å². The maximum atomic E-state index is 9.74. The van der Waals surface area contributed by atoms with Crippen LogP contribution in [0.15, 0.2) is 46.7 Å². The Morgan fingerprint density at radius 3 is 1.59 bits per heavy atom. The molecule has 0 spiro atoms. The number of phenolic OH excluding ortho intramolecular Hbond substituents is 2. The van der Waals surface area contributed by atoms with E-state index in [1.54, 1.807) is 19.1 Å². The van der Waals surface area contributed by atoms with Crippen molar-refractivity contribution in [2.45, 2.75) is 124 Å². The average Bonchev–Trinajstić information content (AvgIpc) is 2.94. The van der Waals surface area contributed by atoms with Crippen LogP contribution in [0.5, 0.6) is 11.5 Å². The van der Waals surface area contributed by atoms with E-state index in [0.29, 0.717) is 16.8 Å². The van der Waals surface area contributed by atoms with Crippen LogP contribution in [0.2, 0.25) is 0 Å². The summed E-state index contributed by atoms with van der Waals surface area (Å²) in [6, 6.07) is 11.0. The molecule has 0 aliphatic heterocycles. The molecule has 2 rings (SSSR count). The Kier molecular flexibility index (Phi) is 19.1. The molecule has 0 bridgehead atoms. The number of phenols is 2. The van der Waals surface area contributed by atoms with Crippen LogP contribution < -0.4 is 0 Å². The van der Waals surface area contributed by atoms with Gasteiger partial charge < -0.3 is 20.6 Å². The van der Waals surface area contributed by atoms with Gasteiger partial charge in [-0.15, -0.1) is 0 Å². The first-order valence-electron chi connectivity index (χ1n) is 15.0. The molecule has 4 N–H and O–H groups in total. The van der Waals surface area contributed by atoms with Gasteiger partial charge in [-0.25, -0.2) is 0 Å². The largest absolute Gasteiger partial charge is 0.507 e. The van der Waals surface area contributed by atoms with E-state index in [0.717, 1.165) is 12.8 Å². The van der Waals surface area contributed by atoms with Crippen molar-refractivity contribution in [3.63, 3.8) is 0 Å². The second-order valence-electron chi connectivity index (χ2n) is 10.4. The molecule has 0 saturated heterocycles. The Balaban J connectivity index is 0.000000391. The third-order valence-corrected chi connectivity index (χ3v) is 7.03. The van der Waals surface area contributed by atoms with Crippen molar-refractivity contribution in [1.82, 2.24) is 0 Å². The van der Waals surface area contributed by atoms with Gasteiger partial charge in [-0.1, -0.05) is 113 Å². The van der Waals surface area contributed by atoms with Crippen molar-refractivity contribution >= 4 is 11.9 Å². The molecule has 0 heterocycles. The van der Waals surface area contributed by atoms with Gasteiger partial charge in [0, 0.05) is 11.1 Å². The first-order valence-corrected chi connectivity index (χ1v) is 15.0. The number of nitrogens with zero attached hydrogens (tertiary/aromatic N) is 2. The second kappa shape index (κ2) is 21.9. The molecule has 0 unspecified atom stereocenters. The predicted molar refractivity (Wildman–Crippen MR) is 163 cm³/mol. The van der Waals surface area contributed by atoms with Gasteiger partial charge >= 0.3 is 0 Å². The zero-order chi connectivity index (χ0) is 28.7. The lowest BCUT2D eigenvalue weighted by atomic mass is 10.0. The molecular formula is C33H52N2O4. The summed E-state index contributed by atoms with van der Waals surface area (Å²) in [4.78, 5) is 0. The number of aryl methyl sites for hydroxylation is 2. The fourth-order valence-electron chi connectivity index (χ4n) is 4.58. The van der Waals surface area contributed by atoms with Crippen molar-refractivity contribution < 1.29 is 20.6 Å². The summed E-state index contributed by atoms with van der Waals surface area (Å²) in [6.07, 6.45) is 21.4. The van der Waals surface area contributed by atoms with E-state index in [1.807, 2.05) is 24.3 Å². The molecule has 0 atom stereocenters. The highest BCUT2D eigenvalue weighted by atomic mass is 16.4. The Morgan fingerprint density at radius 1 is 0.641 bits per heavy atom. The van der Waals surface area contributed by atoms with Crippen LogP contribution in [0.4, 0.5) is 0 Å². The highest BCUT2D eigenvalue weighted by Gasteiger charge is 2.06. The molecule has 0 aliphatic rings. The van der Waals surface area contributed by atoms with Gasteiger partial charge in [0.2, 0.25) is 0 Å². The third-order valence-electron chi connectivity index (χ3n) is 7.03. The van der Waals surface area contributed by atoms with Gasteiger partial charge in [0.15, 0.2) is 0 Å². The molecule has 0 aromatic heterocycles. The smallest absolute Gasteiger partial charge is 0.124 e. The normalized spacial score (nSPS) is 11.5. The van der Waals surface area contributed by atoms with Gasteiger partial charge in [0.25, 0.3) is 0 Å². The maximum absolute atomic E-state index is 9.74. The highest BCUT2D eigenvalue weighted by Crippen LogP contribution is 2.21. The Bertz CT molecular complexity index is 972. The van der Waals surface area contributed by atoms with Crippen molar-refractivity contribution in [3.05, 3.63) is 58.7 Å². The summed E-state index contributed by atoms with van der Waals surface area (Å²) < 4.78 is 0. The van der Waals surface area contributed by atoms with E-state index in [9.17, 15) is 10.2 Å². The molecule has 0 amide bonds. The molecule has 0 radical (unpaired) electrons.